The molecule has 0 aromatic carbocycles. The first-order valence-corrected chi connectivity index (χ1v) is 10.1. The van der Waals surface area contributed by atoms with Gasteiger partial charge < -0.3 is 15.8 Å². The van der Waals surface area contributed by atoms with Gasteiger partial charge in [0.1, 0.15) is 5.60 Å². The molecule has 0 aromatic rings. The summed E-state index contributed by atoms with van der Waals surface area (Å²) in [6.45, 7) is 7.09. The number of hydrogen-bond donors (Lipinski definition) is 2. The molecule has 0 fully saturated rings. The number of thioether (sulfide) groups is 2. The number of rotatable bonds is 7. The van der Waals surface area contributed by atoms with E-state index in [9.17, 15) is 4.79 Å². The summed E-state index contributed by atoms with van der Waals surface area (Å²) >= 11 is 3.62. The maximum atomic E-state index is 11.1. The molecule has 0 rings (SSSR count). The molecule has 0 unspecified atom stereocenters. The number of nitrogens with two attached hydrogens (primary N) is 1. The molecule has 0 aliphatic rings. The number of alkyl carbamates (subject to hydrolysis) is 1. The maximum absolute atomic E-state index is 11.1. The maximum Gasteiger partial charge on any atom is 0.407 e. The Kier molecular flexibility index (Phi) is 34.6. The molecule has 0 saturated heterocycles. The fourth-order valence-electron chi connectivity index (χ4n) is 0.949. The molecule has 0 saturated carbocycles. The smallest absolute Gasteiger partial charge is 0.407 e. The second kappa shape index (κ2) is 27.5. The molecule has 1 amide bonds. The van der Waals surface area contributed by atoms with Crippen LogP contribution in [0.4, 0.5) is 4.79 Å². The minimum absolute atomic E-state index is 0.250. The summed E-state index contributed by atoms with van der Waals surface area (Å²) in [7, 11) is 0. The van der Waals surface area contributed by atoms with Gasteiger partial charge in [-0.05, 0) is 64.2 Å². The topological polar surface area (TPSA) is 133 Å². The highest BCUT2D eigenvalue weighted by Gasteiger charge is 2.15. The monoisotopic (exact) mass is 398 g/mol. The van der Waals surface area contributed by atoms with Crippen molar-refractivity contribution in [1.82, 2.24) is 5.32 Å². The Morgan fingerprint density at radius 1 is 1.00 bits per heavy atom. The lowest BCUT2D eigenvalue weighted by Crippen LogP contribution is -2.33. The Hall–Kier alpha value is -1.31. The number of amides is 1. The normalized spacial score (nSPS) is 8.56. The minimum Gasteiger partial charge on any atom is -0.444 e. The molecule has 0 spiro atoms. The van der Waals surface area contributed by atoms with Crippen molar-refractivity contribution in [1.29, 1.82) is 0 Å². The van der Waals surface area contributed by atoms with E-state index in [-0.39, 0.29) is 18.4 Å². The summed E-state index contributed by atoms with van der Waals surface area (Å²) in [6, 6.07) is 0. The van der Waals surface area contributed by atoms with Gasteiger partial charge in [0.2, 0.25) is 0 Å². The summed E-state index contributed by atoms with van der Waals surface area (Å²) < 4.78 is 5.06. The van der Waals surface area contributed by atoms with Gasteiger partial charge in [-0.25, -0.2) is 4.79 Å². The number of hydrogen-bond acceptors (Lipinski definition) is 9. The van der Waals surface area contributed by atoms with E-state index in [2.05, 4.69) is 11.6 Å². The second-order valence-electron chi connectivity index (χ2n) is 5.08. The van der Waals surface area contributed by atoms with Crippen LogP contribution in [0.3, 0.4) is 0 Å². The quantitative estimate of drug-likeness (QED) is 0.616. The number of nitrogens with one attached hydrogen (secondary N) is 1. The van der Waals surface area contributed by atoms with E-state index >= 15 is 0 Å². The zero-order valence-corrected chi connectivity index (χ0v) is 17.2. The summed E-state index contributed by atoms with van der Waals surface area (Å²) in [5, 5.41) is 2.70. The van der Waals surface area contributed by atoms with Crippen LogP contribution in [0.25, 0.3) is 0 Å². The van der Waals surface area contributed by atoms with Gasteiger partial charge in [-0.15, -0.1) is 0 Å². The number of carbonyl (C=O) groups excluding carboxylic acids is 5. The van der Waals surface area contributed by atoms with E-state index < -0.39 is 5.60 Å². The Bertz CT molecular complexity index is 334. The van der Waals surface area contributed by atoms with Crippen LogP contribution in [0.2, 0.25) is 0 Å². The predicted molar refractivity (Wildman–Crippen MR) is 99.3 cm³/mol. The van der Waals surface area contributed by atoms with Crippen LogP contribution in [0.15, 0.2) is 0 Å². The molecular formula is C15H30N2O6S2. The Balaban J connectivity index is -0.000000152. The first-order chi connectivity index (χ1) is 11.7. The zero-order chi connectivity index (χ0) is 20.6. The lowest BCUT2D eigenvalue weighted by atomic mass is 10.2. The van der Waals surface area contributed by atoms with E-state index in [0.717, 1.165) is 25.1 Å². The van der Waals surface area contributed by atoms with Crippen LogP contribution >= 0.6 is 23.5 Å². The van der Waals surface area contributed by atoms with Crippen molar-refractivity contribution in [2.45, 2.75) is 39.2 Å². The summed E-state index contributed by atoms with van der Waals surface area (Å²) in [4.78, 5) is 43.6. The molecular weight excluding hydrogens is 368 g/mol. The van der Waals surface area contributed by atoms with Crippen molar-refractivity contribution in [2.24, 2.45) is 5.73 Å². The molecule has 0 heterocycles. The summed E-state index contributed by atoms with van der Waals surface area (Å²) in [6.07, 6.45) is 6.46. The van der Waals surface area contributed by atoms with Gasteiger partial charge in [0.15, 0.2) is 0 Å². The van der Waals surface area contributed by atoms with Gasteiger partial charge in [-0.3, -0.25) is 0 Å². The summed E-state index contributed by atoms with van der Waals surface area (Å²) in [5.74, 6) is 2.27. The molecule has 0 aliphatic heterocycles. The molecule has 0 aromatic heterocycles. The van der Waals surface area contributed by atoms with E-state index in [1.54, 1.807) is 11.8 Å². The average Bonchev–Trinajstić information content (AvgIpc) is 2.50. The van der Waals surface area contributed by atoms with Gasteiger partial charge in [0, 0.05) is 6.54 Å². The van der Waals surface area contributed by atoms with Crippen molar-refractivity contribution in [3.63, 3.8) is 0 Å². The van der Waals surface area contributed by atoms with Crippen molar-refractivity contribution >= 4 is 41.9 Å². The standard InChI is InChI=1S/C9H19NO2S.C4H11NS.2CO2/c1-9(2,3)12-8(11)10-6-5-7-13-4;1-6-4-2-3-5;2*2-1-3/h5-7H2,1-4H3,(H,10,11);2-5H2,1H3;;. The van der Waals surface area contributed by atoms with E-state index in [1.807, 2.05) is 38.8 Å². The van der Waals surface area contributed by atoms with Gasteiger partial charge in [0.25, 0.3) is 0 Å². The van der Waals surface area contributed by atoms with Crippen molar-refractivity contribution in [2.75, 3.05) is 37.1 Å². The van der Waals surface area contributed by atoms with Crippen molar-refractivity contribution in [3.05, 3.63) is 0 Å². The molecule has 0 bridgehead atoms. The van der Waals surface area contributed by atoms with E-state index in [4.69, 9.17) is 29.6 Å². The first kappa shape index (κ1) is 31.5. The van der Waals surface area contributed by atoms with Gasteiger partial charge in [-0.1, -0.05) is 0 Å². The average molecular weight is 399 g/mol. The third kappa shape index (κ3) is 60.3. The van der Waals surface area contributed by atoms with Crippen LogP contribution < -0.4 is 11.1 Å². The Morgan fingerprint density at radius 3 is 1.68 bits per heavy atom. The summed E-state index contributed by atoms with van der Waals surface area (Å²) in [5.41, 5.74) is 4.80. The van der Waals surface area contributed by atoms with E-state index in [1.165, 1.54) is 5.75 Å². The van der Waals surface area contributed by atoms with E-state index in [0.29, 0.717) is 6.54 Å². The molecule has 0 atom stereocenters. The Morgan fingerprint density at radius 2 is 1.40 bits per heavy atom. The molecule has 0 aliphatic carbocycles. The highest BCUT2D eigenvalue weighted by Crippen LogP contribution is 2.06. The third-order valence-electron chi connectivity index (χ3n) is 1.75. The lowest BCUT2D eigenvalue weighted by Gasteiger charge is -2.19. The molecule has 148 valence electrons. The molecule has 10 heteroatoms. The molecule has 8 nitrogen and oxygen atoms in total. The van der Waals surface area contributed by atoms with Crippen LogP contribution in [0, 0.1) is 0 Å². The highest BCUT2D eigenvalue weighted by atomic mass is 32.2. The fraction of sp³-hybridized carbons (Fsp3) is 0.800. The SMILES string of the molecule is CSCCCN.CSCCCNC(=O)OC(C)(C)C.O=C=O.O=C=O. The van der Waals surface area contributed by atoms with Gasteiger partial charge in [0.05, 0.1) is 0 Å². The predicted octanol–water partition coefficient (Wildman–Crippen LogP) is 1.80. The number of ether oxygens (including phenoxy) is 1. The van der Waals surface area contributed by atoms with Crippen LogP contribution in [-0.4, -0.2) is 61.1 Å². The number of carbonyl (C=O) groups is 1. The molecule has 25 heavy (non-hydrogen) atoms. The second-order valence-corrected chi connectivity index (χ2v) is 7.05. The van der Waals surface area contributed by atoms with Crippen LogP contribution in [0.5, 0.6) is 0 Å². The fourth-order valence-corrected chi connectivity index (χ4v) is 1.84. The molecule has 3 N–H and O–H groups in total. The van der Waals surface area contributed by atoms with Gasteiger partial charge >= 0.3 is 18.4 Å². The zero-order valence-electron chi connectivity index (χ0n) is 15.6. The van der Waals surface area contributed by atoms with Crippen LogP contribution in [0.1, 0.15) is 33.6 Å². The largest absolute Gasteiger partial charge is 0.444 e. The van der Waals surface area contributed by atoms with Crippen molar-refractivity contribution < 1.29 is 28.7 Å². The third-order valence-corrected chi connectivity index (χ3v) is 3.14. The highest BCUT2D eigenvalue weighted by molar-refractivity contribution is 7.98. The van der Waals surface area contributed by atoms with Gasteiger partial charge in [-0.2, -0.15) is 42.7 Å². The first-order valence-electron chi connectivity index (χ1n) is 7.33. The molecule has 0 radical (unpaired) electrons. The van der Waals surface area contributed by atoms with Crippen LogP contribution in [-0.2, 0) is 23.9 Å². The lowest BCUT2D eigenvalue weighted by molar-refractivity contribution is -0.193. The Labute approximate surface area is 158 Å². The van der Waals surface area contributed by atoms with Crippen molar-refractivity contribution in [3.8, 4) is 0 Å². The minimum atomic E-state index is -0.399.